The minimum Gasteiger partial charge on any atom is -0.426 e. The fourth-order valence-electron chi connectivity index (χ4n) is 2.87. The zero-order valence-corrected chi connectivity index (χ0v) is 13.5. The van der Waals surface area contributed by atoms with E-state index in [0.717, 1.165) is 17.5 Å². The van der Waals surface area contributed by atoms with Gasteiger partial charge in [-0.25, -0.2) is 0 Å². The maximum Gasteiger partial charge on any atom is 0.316 e. The lowest BCUT2D eigenvalue weighted by Crippen LogP contribution is -2.33. The number of benzene rings is 1. The van der Waals surface area contributed by atoms with Gasteiger partial charge in [-0.2, -0.15) is 0 Å². The van der Waals surface area contributed by atoms with Crippen LogP contribution in [0.15, 0.2) is 30.4 Å². The SMILES string of the molecule is CC(C)(C)C(=O)Oc1ccc2c(c1)[C@@H](N1C(=O)C=CC1=O)CC2. The molecule has 0 saturated heterocycles. The number of nitrogens with zero attached hydrogens (tertiary/aromatic N) is 1. The average Bonchev–Trinajstić information content (AvgIpc) is 3.01. The first-order chi connectivity index (χ1) is 10.8. The predicted octanol–water partition coefficient (Wildman–Crippen LogP) is 2.55. The number of aryl methyl sites for hydroxylation is 1. The summed E-state index contributed by atoms with van der Waals surface area (Å²) in [5, 5.41) is 0. The van der Waals surface area contributed by atoms with Crippen LogP contribution in [0.25, 0.3) is 0 Å². The third kappa shape index (κ3) is 2.79. The van der Waals surface area contributed by atoms with Crippen LogP contribution in [-0.4, -0.2) is 22.7 Å². The third-order valence-electron chi connectivity index (χ3n) is 4.14. The molecule has 5 heteroatoms. The highest BCUT2D eigenvalue weighted by atomic mass is 16.5. The summed E-state index contributed by atoms with van der Waals surface area (Å²) < 4.78 is 5.43. The smallest absolute Gasteiger partial charge is 0.316 e. The van der Waals surface area contributed by atoms with Gasteiger partial charge < -0.3 is 4.74 Å². The topological polar surface area (TPSA) is 63.7 Å². The maximum atomic E-state index is 12.0. The van der Waals surface area contributed by atoms with Gasteiger partial charge in [0.25, 0.3) is 11.8 Å². The summed E-state index contributed by atoms with van der Waals surface area (Å²) in [6.45, 7) is 5.37. The molecule has 0 bridgehead atoms. The van der Waals surface area contributed by atoms with E-state index >= 15 is 0 Å². The van der Waals surface area contributed by atoms with E-state index in [4.69, 9.17) is 4.74 Å². The Kier molecular flexibility index (Phi) is 3.59. The molecule has 0 saturated carbocycles. The van der Waals surface area contributed by atoms with Crippen LogP contribution in [0.5, 0.6) is 5.75 Å². The molecule has 0 aromatic heterocycles. The Balaban J connectivity index is 1.88. The molecule has 1 aromatic carbocycles. The number of fused-ring (bicyclic) bond motifs is 1. The lowest BCUT2D eigenvalue weighted by Gasteiger charge is -2.23. The summed E-state index contributed by atoms with van der Waals surface area (Å²) >= 11 is 0. The fraction of sp³-hybridized carbons (Fsp3) is 0.389. The molecule has 1 aliphatic carbocycles. The van der Waals surface area contributed by atoms with Gasteiger partial charge in [-0.05, 0) is 56.9 Å². The molecule has 0 fully saturated rings. The fourth-order valence-corrected chi connectivity index (χ4v) is 2.87. The van der Waals surface area contributed by atoms with Crippen molar-refractivity contribution in [1.29, 1.82) is 0 Å². The van der Waals surface area contributed by atoms with Crippen LogP contribution in [0.4, 0.5) is 0 Å². The van der Waals surface area contributed by atoms with Gasteiger partial charge >= 0.3 is 5.97 Å². The van der Waals surface area contributed by atoms with Crippen LogP contribution >= 0.6 is 0 Å². The maximum absolute atomic E-state index is 12.0. The molecule has 2 amide bonds. The van der Waals surface area contributed by atoms with Crippen molar-refractivity contribution in [2.75, 3.05) is 0 Å². The average molecular weight is 313 g/mol. The van der Waals surface area contributed by atoms with E-state index in [1.807, 2.05) is 6.07 Å². The third-order valence-corrected chi connectivity index (χ3v) is 4.14. The second-order valence-corrected chi connectivity index (χ2v) is 6.93. The van der Waals surface area contributed by atoms with Crippen LogP contribution in [0.2, 0.25) is 0 Å². The summed E-state index contributed by atoms with van der Waals surface area (Å²) in [6.07, 6.45) is 4.09. The summed E-state index contributed by atoms with van der Waals surface area (Å²) in [7, 11) is 0. The number of hydrogen-bond acceptors (Lipinski definition) is 4. The van der Waals surface area contributed by atoms with Crippen LogP contribution in [0.3, 0.4) is 0 Å². The van der Waals surface area contributed by atoms with Gasteiger partial charge in [0.2, 0.25) is 0 Å². The van der Waals surface area contributed by atoms with Crippen molar-refractivity contribution in [3.8, 4) is 5.75 Å². The molecular formula is C18H19NO4. The van der Waals surface area contributed by atoms with E-state index in [9.17, 15) is 14.4 Å². The van der Waals surface area contributed by atoms with Crippen molar-refractivity contribution in [3.05, 3.63) is 41.5 Å². The Bertz CT molecular complexity index is 709. The molecule has 1 aliphatic heterocycles. The van der Waals surface area contributed by atoms with Gasteiger partial charge in [-0.15, -0.1) is 0 Å². The Labute approximate surface area is 134 Å². The predicted molar refractivity (Wildman–Crippen MR) is 83.6 cm³/mol. The zero-order chi connectivity index (χ0) is 16.8. The quantitative estimate of drug-likeness (QED) is 0.478. The molecule has 5 nitrogen and oxygen atoms in total. The molecular weight excluding hydrogens is 294 g/mol. The van der Waals surface area contributed by atoms with Crippen molar-refractivity contribution in [2.24, 2.45) is 5.41 Å². The Morgan fingerprint density at radius 3 is 2.43 bits per heavy atom. The van der Waals surface area contributed by atoms with Gasteiger partial charge in [0, 0.05) is 12.2 Å². The van der Waals surface area contributed by atoms with Gasteiger partial charge in [0.15, 0.2) is 0 Å². The molecule has 0 radical (unpaired) electrons. The van der Waals surface area contributed by atoms with Gasteiger partial charge in [-0.1, -0.05) is 6.07 Å². The zero-order valence-electron chi connectivity index (χ0n) is 13.5. The second-order valence-electron chi connectivity index (χ2n) is 6.93. The van der Waals surface area contributed by atoms with Gasteiger partial charge in [0.05, 0.1) is 11.5 Å². The molecule has 0 spiro atoms. The molecule has 0 unspecified atom stereocenters. The van der Waals surface area contributed by atoms with E-state index in [-0.39, 0.29) is 23.8 Å². The van der Waals surface area contributed by atoms with Crippen molar-refractivity contribution >= 4 is 17.8 Å². The standard InChI is InChI=1S/C18H19NO4/c1-18(2,3)17(22)23-12-6-4-11-5-7-14(13(11)10-12)19-15(20)8-9-16(19)21/h4,6,8-10,14H,5,7H2,1-3H3/t14-/m0/s1. The number of hydrogen-bond donors (Lipinski definition) is 0. The lowest BCUT2D eigenvalue weighted by atomic mass is 9.97. The monoisotopic (exact) mass is 313 g/mol. The number of carbonyl (C=O) groups is 3. The van der Waals surface area contributed by atoms with Crippen LogP contribution < -0.4 is 4.74 Å². The highest BCUT2D eigenvalue weighted by Crippen LogP contribution is 2.39. The summed E-state index contributed by atoms with van der Waals surface area (Å²) in [5.41, 5.74) is 1.37. The van der Waals surface area contributed by atoms with Crippen LogP contribution in [0.1, 0.15) is 44.4 Å². The largest absolute Gasteiger partial charge is 0.426 e. The first-order valence-corrected chi connectivity index (χ1v) is 7.68. The second kappa shape index (κ2) is 5.33. The van der Waals surface area contributed by atoms with E-state index in [1.165, 1.54) is 17.1 Å². The number of imide groups is 1. The number of carbonyl (C=O) groups excluding carboxylic acids is 3. The summed E-state index contributed by atoms with van der Waals surface area (Å²) in [5.74, 6) is -0.445. The normalized spacial score (nSPS) is 20.1. The van der Waals surface area contributed by atoms with Crippen LogP contribution in [-0.2, 0) is 20.8 Å². The first-order valence-electron chi connectivity index (χ1n) is 7.68. The van der Waals surface area contributed by atoms with E-state index in [1.54, 1.807) is 32.9 Å². The number of rotatable bonds is 2. The number of amides is 2. The van der Waals surface area contributed by atoms with Crippen LogP contribution in [0, 0.1) is 5.41 Å². The number of esters is 1. The molecule has 3 rings (SSSR count). The lowest BCUT2D eigenvalue weighted by molar-refractivity contribution is -0.143. The molecule has 23 heavy (non-hydrogen) atoms. The molecule has 0 N–H and O–H groups in total. The number of ether oxygens (including phenoxy) is 1. The molecule has 1 atom stereocenters. The van der Waals surface area contributed by atoms with E-state index < -0.39 is 5.41 Å². The Morgan fingerprint density at radius 1 is 1.17 bits per heavy atom. The Morgan fingerprint density at radius 2 is 1.83 bits per heavy atom. The first kappa shape index (κ1) is 15.5. The van der Waals surface area contributed by atoms with Crippen molar-refractivity contribution < 1.29 is 19.1 Å². The molecule has 1 aromatic rings. The minimum absolute atomic E-state index is 0.284. The summed E-state index contributed by atoms with van der Waals surface area (Å²) in [4.78, 5) is 37.1. The van der Waals surface area contributed by atoms with Crippen molar-refractivity contribution in [2.45, 2.75) is 39.7 Å². The van der Waals surface area contributed by atoms with Gasteiger partial charge in [0.1, 0.15) is 5.75 Å². The highest BCUT2D eigenvalue weighted by Gasteiger charge is 2.36. The Hall–Kier alpha value is -2.43. The molecule has 2 aliphatic rings. The van der Waals surface area contributed by atoms with Gasteiger partial charge in [-0.3, -0.25) is 19.3 Å². The molecule has 1 heterocycles. The summed E-state index contributed by atoms with van der Waals surface area (Å²) in [6, 6.07) is 5.15. The van der Waals surface area contributed by atoms with E-state index in [2.05, 4.69) is 0 Å². The molecule has 120 valence electrons. The highest BCUT2D eigenvalue weighted by molar-refractivity contribution is 6.13. The van der Waals surface area contributed by atoms with Crippen molar-refractivity contribution in [1.82, 2.24) is 4.90 Å². The minimum atomic E-state index is -0.594. The van der Waals surface area contributed by atoms with Crippen molar-refractivity contribution in [3.63, 3.8) is 0 Å². The van der Waals surface area contributed by atoms with E-state index in [0.29, 0.717) is 12.2 Å².